The Hall–Kier alpha value is -2.54. The summed E-state index contributed by atoms with van der Waals surface area (Å²) in [5, 5.41) is 0. The van der Waals surface area contributed by atoms with Gasteiger partial charge in [-0.05, 0) is 31.7 Å². The molecule has 0 saturated carbocycles. The van der Waals surface area contributed by atoms with Crippen LogP contribution in [0.1, 0.15) is 48.5 Å². The van der Waals surface area contributed by atoms with Gasteiger partial charge in [-0.2, -0.15) is 0 Å². The average molecular weight is 411 g/mol. The van der Waals surface area contributed by atoms with Crippen LogP contribution in [0.3, 0.4) is 0 Å². The zero-order chi connectivity index (χ0) is 20.7. The van der Waals surface area contributed by atoms with Gasteiger partial charge in [0.2, 0.25) is 5.95 Å². The summed E-state index contributed by atoms with van der Waals surface area (Å²) in [5.74, 6) is 3.17. The van der Waals surface area contributed by atoms with Crippen LogP contribution >= 0.6 is 0 Å². The number of nitrogens with zero attached hydrogens (tertiary/aromatic N) is 4. The van der Waals surface area contributed by atoms with Crippen molar-refractivity contribution in [3.05, 3.63) is 35.2 Å². The van der Waals surface area contributed by atoms with Gasteiger partial charge < -0.3 is 19.1 Å². The van der Waals surface area contributed by atoms with Crippen LogP contribution in [0.25, 0.3) is 0 Å². The number of methoxy groups -OCH3 is 3. The van der Waals surface area contributed by atoms with Crippen LogP contribution in [0.2, 0.25) is 0 Å². The van der Waals surface area contributed by atoms with Gasteiger partial charge in [-0.1, -0.05) is 0 Å². The zero-order valence-corrected chi connectivity index (χ0v) is 18.1. The first-order valence-electron chi connectivity index (χ1n) is 10.9. The second-order valence-electron chi connectivity index (χ2n) is 8.41. The minimum absolute atomic E-state index is 0.365. The van der Waals surface area contributed by atoms with Crippen LogP contribution in [0.15, 0.2) is 18.3 Å². The van der Waals surface area contributed by atoms with Crippen LogP contribution in [0.4, 0.5) is 5.95 Å². The molecule has 0 radical (unpaired) electrons. The lowest BCUT2D eigenvalue weighted by molar-refractivity contribution is 0.164. The van der Waals surface area contributed by atoms with E-state index in [9.17, 15) is 0 Å². The SMILES string of the molecule is COc1cc(OC)c(OC)cc1CN1C2CCC1c1cnc(N3CCCC3)nc1C2. The van der Waals surface area contributed by atoms with Gasteiger partial charge >= 0.3 is 0 Å². The normalized spacial score (nSPS) is 22.8. The van der Waals surface area contributed by atoms with Gasteiger partial charge in [0.1, 0.15) is 5.75 Å². The fraction of sp³-hybridized carbons (Fsp3) is 0.565. The predicted molar refractivity (Wildman–Crippen MR) is 115 cm³/mol. The molecule has 2 unspecified atom stereocenters. The lowest BCUT2D eigenvalue weighted by Gasteiger charge is -2.36. The Morgan fingerprint density at radius 2 is 1.70 bits per heavy atom. The minimum Gasteiger partial charge on any atom is -0.496 e. The van der Waals surface area contributed by atoms with Crippen molar-refractivity contribution in [3.8, 4) is 17.2 Å². The number of anilines is 1. The third-order valence-electron chi connectivity index (χ3n) is 6.85. The summed E-state index contributed by atoms with van der Waals surface area (Å²) in [7, 11) is 5.03. The van der Waals surface area contributed by atoms with E-state index in [2.05, 4.69) is 16.0 Å². The van der Waals surface area contributed by atoms with E-state index in [4.69, 9.17) is 24.2 Å². The summed E-state index contributed by atoms with van der Waals surface area (Å²) in [6.07, 6.45) is 7.90. The average Bonchev–Trinajstić information content (AvgIpc) is 3.40. The van der Waals surface area contributed by atoms with Gasteiger partial charge in [0, 0.05) is 61.5 Å². The predicted octanol–water partition coefficient (Wildman–Crippen LogP) is 3.36. The van der Waals surface area contributed by atoms with Gasteiger partial charge in [-0.25, -0.2) is 9.97 Å². The highest BCUT2D eigenvalue weighted by Gasteiger charge is 2.41. The Morgan fingerprint density at radius 3 is 2.43 bits per heavy atom. The molecular formula is C23H30N4O3. The highest BCUT2D eigenvalue weighted by Crippen LogP contribution is 2.45. The number of hydrogen-bond donors (Lipinski definition) is 0. The molecule has 1 aromatic carbocycles. The monoisotopic (exact) mass is 410 g/mol. The Labute approximate surface area is 178 Å². The molecule has 30 heavy (non-hydrogen) atoms. The molecule has 5 rings (SSSR count). The molecule has 2 aromatic rings. The summed E-state index contributed by atoms with van der Waals surface area (Å²) >= 11 is 0. The molecule has 3 aliphatic heterocycles. The van der Waals surface area contributed by atoms with Gasteiger partial charge in [-0.15, -0.1) is 0 Å². The van der Waals surface area contributed by atoms with E-state index >= 15 is 0 Å². The number of hydrogen-bond acceptors (Lipinski definition) is 7. The van der Waals surface area contributed by atoms with Crippen molar-refractivity contribution >= 4 is 5.95 Å². The smallest absolute Gasteiger partial charge is 0.225 e. The third kappa shape index (κ3) is 3.25. The lowest BCUT2D eigenvalue weighted by Crippen LogP contribution is -2.38. The molecule has 2 bridgehead atoms. The Kier molecular flexibility index (Phi) is 5.15. The topological polar surface area (TPSA) is 60.0 Å². The van der Waals surface area contributed by atoms with E-state index in [1.165, 1.54) is 30.5 Å². The van der Waals surface area contributed by atoms with Crippen molar-refractivity contribution in [2.75, 3.05) is 39.3 Å². The maximum absolute atomic E-state index is 5.67. The quantitative estimate of drug-likeness (QED) is 0.724. The standard InChI is InChI=1S/C23H30N4O3/c1-28-20-12-22(30-3)21(29-2)10-15(20)14-27-16-6-7-19(27)17-13-24-23(25-18(17)11-16)26-8-4-5-9-26/h10,12-13,16,19H,4-9,11,14H2,1-3H3. The van der Waals surface area contributed by atoms with Crippen molar-refractivity contribution in [3.63, 3.8) is 0 Å². The van der Waals surface area contributed by atoms with Crippen LogP contribution in [-0.2, 0) is 13.0 Å². The molecular weight excluding hydrogens is 380 g/mol. The first-order chi connectivity index (χ1) is 14.7. The largest absolute Gasteiger partial charge is 0.496 e. The van der Waals surface area contributed by atoms with Gasteiger partial charge in [0.15, 0.2) is 11.5 Å². The van der Waals surface area contributed by atoms with Gasteiger partial charge in [0.25, 0.3) is 0 Å². The van der Waals surface area contributed by atoms with Crippen molar-refractivity contribution < 1.29 is 14.2 Å². The lowest BCUT2D eigenvalue weighted by atomic mass is 9.98. The first kappa shape index (κ1) is 19.4. The maximum Gasteiger partial charge on any atom is 0.225 e. The molecule has 2 atom stereocenters. The van der Waals surface area contributed by atoms with E-state index in [0.717, 1.165) is 55.5 Å². The molecule has 0 aliphatic carbocycles. The molecule has 0 spiro atoms. The highest BCUT2D eigenvalue weighted by molar-refractivity contribution is 5.51. The van der Waals surface area contributed by atoms with Crippen LogP contribution in [0.5, 0.6) is 17.2 Å². The molecule has 7 heteroatoms. The molecule has 3 aliphatic rings. The number of benzene rings is 1. The molecule has 1 aromatic heterocycles. The van der Waals surface area contributed by atoms with E-state index in [1.807, 2.05) is 12.1 Å². The number of ether oxygens (including phenoxy) is 3. The molecule has 2 saturated heterocycles. The molecule has 4 heterocycles. The Balaban J connectivity index is 1.43. The molecule has 160 valence electrons. The highest BCUT2D eigenvalue weighted by atomic mass is 16.5. The van der Waals surface area contributed by atoms with Gasteiger partial charge in [0.05, 0.1) is 27.0 Å². The number of aromatic nitrogens is 2. The Bertz CT molecular complexity index is 929. The Morgan fingerprint density at radius 1 is 0.967 bits per heavy atom. The third-order valence-corrected chi connectivity index (χ3v) is 6.85. The molecule has 7 nitrogen and oxygen atoms in total. The van der Waals surface area contributed by atoms with Gasteiger partial charge in [-0.3, -0.25) is 4.90 Å². The van der Waals surface area contributed by atoms with Crippen molar-refractivity contribution in [2.24, 2.45) is 0 Å². The van der Waals surface area contributed by atoms with E-state index in [-0.39, 0.29) is 0 Å². The fourth-order valence-electron chi connectivity index (χ4n) is 5.29. The van der Waals surface area contributed by atoms with E-state index < -0.39 is 0 Å². The first-order valence-corrected chi connectivity index (χ1v) is 10.9. The summed E-state index contributed by atoms with van der Waals surface area (Å²) < 4.78 is 16.6. The summed E-state index contributed by atoms with van der Waals surface area (Å²) in [5.41, 5.74) is 3.66. The summed E-state index contributed by atoms with van der Waals surface area (Å²) in [6, 6.07) is 4.82. The van der Waals surface area contributed by atoms with E-state index in [1.54, 1.807) is 21.3 Å². The summed E-state index contributed by atoms with van der Waals surface area (Å²) in [6.45, 7) is 2.97. The van der Waals surface area contributed by atoms with E-state index in [0.29, 0.717) is 17.8 Å². The fourth-order valence-corrected chi connectivity index (χ4v) is 5.29. The molecule has 0 amide bonds. The maximum atomic E-state index is 5.67. The van der Waals surface area contributed by atoms with Crippen LogP contribution in [0, 0.1) is 0 Å². The molecule has 2 fully saturated rings. The van der Waals surface area contributed by atoms with Crippen molar-refractivity contribution in [2.45, 2.75) is 50.7 Å². The van der Waals surface area contributed by atoms with Crippen LogP contribution in [-0.4, -0.2) is 55.3 Å². The summed E-state index contributed by atoms with van der Waals surface area (Å²) in [4.78, 5) is 14.6. The minimum atomic E-state index is 0.365. The van der Waals surface area contributed by atoms with Crippen LogP contribution < -0.4 is 19.1 Å². The zero-order valence-electron chi connectivity index (χ0n) is 18.1. The molecule has 0 N–H and O–H groups in total. The number of rotatable bonds is 6. The second kappa shape index (κ2) is 7.95. The number of fused-ring (bicyclic) bond motifs is 4. The second-order valence-corrected chi connectivity index (χ2v) is 8.41. The van der Waals surface area contributed by atoms with Crippen molar-refractivity contribution in [1.82, 2.24) is 14.9 Å². The van der Waals surface area contributed by atoms with Crippen molar-refractivity contribution in [1.29, 1.82) is 0 Å².